The minimum absolute atomic E-state index is 0.0548. The van der Waals surface area contributed by atoms with E-state index in [1.807, 2.05) is 0 Å². The molecule has 0 radical (unpaired) electrons. The van der Waals surface area contributed by atoms with Crippen molar-refractivity contribution < 1.29 is 23.9 Å². The zero-order valence-corrected chi connectivity index (χ0v) is 10.8. The van der Waals surface area contributed by atoms with Crippen molar-refractivity contribution in [2.24, 2.45) is 0 Å². The number of hydrogen-bond donors (Lipinski definition) is 2. The van der Waals surface area contributed by atoms with Gasteiger partial charge in [-0.3, -0.25) is 0 Å². The maximum atomic E-state index is 11.3. The minimum atomic E-state index is -0.550. The number of nitrogens with one attached hydrogen (secondary N) is 2. The van der Waals surface area contributed by atoms with Crippen LogP contribution in [0.4, 0.5) is 4.79 Å². The highest BCUT2D eigenvalue weighted by Crippen LogP contribution is 1.90. The summed E-state index contributed by atoms with van der Waals surface area (Å²) in [6.07, 6.45) is 1.62. The third-order valence-corrected chi connectivity index (χ3v) is 1.83. The zero-order valence-electron chi connectivity index (χ0n) is 10.8. The van der Waals surface area contributed by atoms with E-state index in [0.29, 0.717) is 0 Å². The van der Waals surface area contributed by atoms with Crippen LogP contribution in [-0.4, -0.2) is 43.8 Å². The van der Waals surface area contributed by atoms with Crippen LogP contribution in [0.25, 0.3) is 0 Å². The summed E-state index contributed by atoms with van der Waals surface area (Å²) in [6, 6.07) is -0.448. The van der Waals surface area contributed by atoms with Crippen LogP contribution in [0.2, 0.25) is 0 Å². The zero-order chi connectivity index (χ0) is 14.7. The van der Waals surface area contributed by atoms with Crippen molar-refractivity contribution in [1.29, 1.82) is 0 Å². The van der Waals surface area contributed by atoms with Crippen molar-refractivity contribution in [3.05, 3.63) is 25.3 Å². The Balaban J connectivity index is 3.64. The van der Waals surface area contributed by atoms with Crippen LogP contribution in [0.3, 0.4) is 0 Å². The van der Waals surface area contributed by atoms with Gasteiger partial charge < -0.3 is 20.1 Å². The van der Waals surface area contributed by atoms with Crippen molar-refractivity contribution >= 4 is 18.0 Å². The molecule has 1 unspecified atom stereocenters. The van der Waals surface area contributed by atoms with Crippen molar-refractivity contribution in [3.63, 3.8) is 0 Å². The number of amides is 2. The number of esters is 2. The van der Waals surface area contributed by atoms with Crippen LogP contribution in [0.1, 0.15) is 6.92 Å². The molecule has 19 heavy (non-hydrogen) atoms. The third-order valence-electron chi connectivity index (χ3n) is 1.83. The molecule has 0 aliphatic heterocycles. The fourth-order valence-corrected chi connectivity index (χ4v) is 0.962. The second kappa shape index (κ2) is 9.69. The first kappa shape index (κ1) is 16.7. The molecule has 0 spiro atoms. The van der Waals surface area contributed by atoms with Crippen LogP contribution in [0.15, 0.2) is 25.3 Å². The third kappa shape index (κ3) is 9.40. The summed E-state index contributed by atoms with van der Waals surface area (Å²) in [5, 5.41) is 4.95. The van der Waals surface area contributed by atoms with Gasteiger partial charge in [-0.1, -0.05) is 13.2 Å². The lowest BCUT2D eigenvalue weighted by atomic mass is 10.4. The Kier molecular flexibility index (Phi) is 8.51. The van der Waals surface area contributed by atoms with Crippen molar-refractivity contribution in [2.45, 2.75) is 13.0 Å². The van der Waals surface area contributed by atoms with E-state index in [0.717, 1.165) is 12.2 Å². The second-order valence-corrected chi connectivity index (χ2v) is 3.46. The quantitative estimate of drug-likeness (QED) is 0.371. The highest BCUT2D eigenvalue weighted by molar-refractivity contribution is 5.81. The molecule has 1 atom stereocenters. The summed E-state index contributed by atoms with van der Waals surface area (Å²) in [5.41, 5.74) is 0. The first-order chi connectivity index (χ1) is 8.99. The highest BCUT2D eigenvalue weighted by atomic mass is 16.5. The van der Waals surface area contributed by atoms with Gasteiger partial charge >= 0.3 is 18.0 Å². The molecule has 0 aromatic rings. The summed E-state index contributed by atoms with van der Waals surface area (Å²) in [7, 11) is 0. The van der Waals surface area contributed by atoms with Gasteiger partial charge in [-0.15, -0.1) is 0 Å². The Bertz CT molecular complexity index is 354. The Morgan fingerprint density at radius 3 is 2.37 bits per heavy atom. The molecular weight excluding hydrogens is 252 g/mol. The number of carbonyl (C=O) groups excluding carboxylic acids is 3. The molecule has 0 aliphatic carbocycles. The summed E-state index contributed by atoms with van der Waals surface area (Å²) >= 11 is 0. The molecule has 0 saturated carbocycles. The van der Waals surface area contributed by atoms with Crippen LogP contribution < -0.4 is 10.6 Å². The minimum Gasteiger partial charge on any atom is -0.461 e. The molecule has 0 saturated heterocycles. The van der Waals surface area contributed by atoms with Gasteiger partial charge in [-0.25, -0.2) is 14.4 Å². The van der Waals surface area contributed by atoms with Gasteiger partial charge in [-0.05, 0) is 6.92 Å². The van der Waals surface area contributed by atoms with Crippen LogP contribution in [0.5, 0.6) is 0 Å². The lowest BCUT2D eigenvalue weighted by molar-refractivity contribution is -0.142. The Labute approximate surface area is 111 Å². The van der Waals surface area contributed by atoms with Crippen LogP contribution in [-0.2, 0) is 19.1 Å². The molecule has 0 aliphatic rings. The normalized spacial score (nSPS) is 10.8. The molecule has 2 amide bonds. The summed E-state index contributed by atoms with van der Waals surface area (Å²) in [5.74, 6) is -1.10. The fourth-order valence-electron chi connectivity index (χ4n) is 0.962. The average Bonchev–Trinajstić information content (AvgIpc) is 2.40. The lowest BCUT2D eigenvalue weighted by Crippen LogP contribution is -2.41. The fraction of sp³-hybridized carbons (Fsp3) is 0.417. The van der Waals surface area contributed by atoms with E-state index in [1.54, 1.807) is 6.92 Å². The topological polar surface area (TPSA) is 93.7 Å². The number of urea groups is 1. The van der Waals surface area contributed by atoms with Gasteiger partial charge in [0, 0.05) is 12.2 Å². The van der Waals surface area contributed by atoms with Gasteiger partial charge in [0.05, 0.1) is 13.1 Å². The molecule has 0 fully saturated rings. The van der Waals surface area contributed by atoms with Gasteiger partial charge in [0.2, 0.25) is 0 Å². The van der Waals surface area contributed by atoms with E-state index >= 15 is 0 Å². The summed E-state index contributed by atoms with van der Waals surface area (Å²) in [4.78, 5) is 32.8. The van der Waals surface area contributed by atoms with E-state index in [-0.39, 0.29) is 19.7 Å². The van der Waals surface area contributed by atoms with E-state index in [4.69, 9.17) is 4.74 Å². The lowest BCUT2D eigenvalue weighted by Gasteiger charge is -2.13. The van der Waals surface area contributed by atoms with E-state index in [2.05, 4.69) is 28.5 Å². The molecule has 0 heterocycles. The predicted octanol–water partition coefficient (Wildman–Crippen LogP) is 0.132. The number of hydrogen-bond acceptors (Lipinski definition) is 5. The molecule has 0 bridgehead atoms. The number of carbonyl (C=O) groups is 3. The van der Waals surface area contributed by atoms with Crippen LogP contribution in [0, 0.1) is 0 Å². The second-order valence-electron chi connectivity index (χ2n) is 3.46. The predicted molar refractivity (Wildman–Crippen MR) is 68.3 cm³/mol. The number of rotatable bonds is 8. The van der Waals surface area contributed by atoms with Gasteiger partial charge in [0.1, 0.15) is 12.7 Å². The largest absolute Gasteiger partial charge is 0.461 e. The average molecular weight is 270 g/mol. The van der Waals surface area contributed by atoms with Gasteiger partial charge in [-0.2, -0.15) is 0 Å². The SMILES string of the molecule is C=CC(=O)OCCNC(=O)NCC(C)OC(=O)C=C. The first-order valence-corrected chi connectivity index (χ1v) is 5.63. The molecule has 2 N–H and O–H groups in total. The monoisotopic (exact) mass is 270 g/mol. The first-order valence-electron chi connectivity index (χ1n) is 5.63. The summed E-state index contributed by atoms with van der Waals surface area (Å²) in [6.45, 7) is 8.51. The molecule has 7 nitrogen and oxygen atoms in total. The summed E-state index contributed by atoms with van der Waals surface area (Å²) < 4.78 is 9.50. The Morgan fingerprint density at radius 2 is 1.79 bits per heavy atom. The van der Waals surface area contributed by atoms with Crippen molar-refractivity contribution in [2.75, 3.05) is 19.7 Å². The Hall–Kier alpha value is -2.31. The van der Waals surface area contributed by atoms with Crippen molar-refractivity contribution in [3.8, 4) is 0 Å². The smallest absolute Gasteiger partial charge is 0.330 e. The Morgan fingerprint density at radius 1 is 1.16 bits per heavy atom. The molecular formula is C12H18N2O5. The van der Waals surface area contributed by atoms with Crippen LogP contribution >= 0.6 is 0 Å². The molecule has 0 aromatic heterocycles. The van der Waals surface area contributed by atoms with Gasteiger partial charge in [0.15, 0.2) is 0 Å². The van der Waals surface area contributed by atoms with Crippen molar-refractivity contribution in [1.82, 2.24) is 10.6 Å². The van der Waals surface area contributed by atoms with Gasteiger partial charge in [0.25, 0.3) is 0 Å². The molecule has 106 valence electrons. The molecule has 0 aromatic carbocycles. The maximum Gasteiger partial charge on any atom is 0.330 e. The van der Waals surface area contributed by atoms with E-state index in [9.17, 15) is 14.4 Å². The van der Waals surface area contributed by atoms with E-state index < -0.39 is 24.1 Å². The molecule has 7 heteroatoms. The number of ether oxygens (including phenoxy) is 2. The van der Waals surface area contributed by atoms with E-state index in [1.165, 1.54) is 0 Å². The standard InChI is InChI=1S/C12H18N2O5/c1-4-10(15)18-7-6-13-12(17)14-8-9(3)19-11(16)5-2/h4-5,9H,1-2,6-8H2,3H3,(H2,13,14,17). The maximum absolute atomic E-state index is 11.3. The molecule has 0 rings (SSSR count). The highest BCUT2D eigenvalue weighted by Gasteiger charge is 2.08.